The van der Waals surface area contributed by atoms with Crippen molar-refractivity contribution in [2.45, 2.75) is 31.3 Å². The molecule has 0 radical (unpaired) electrons. The number of rotatable bonds is 4. The third-order valence-electron chi connectivity index (χ3n) is 5.40. The number of hydrogen-bond acceptors (Lipinski definition) is 7. The van der Waals surface area contributed by atoms with Crippen LogP contribution in [0.5, 0.6) is 0 Å². The molecule has 1 amide bonds. The standard InChI is InChI=1S/C20H22F2N4O2.CH4O3S/c21-20(22)12-26(8-6-16(20)11-24-18-5-7-23-13-25-18)19(27)28-17-9-14-3-1-2-4-15(14)10-17;1-5(2,3)4/h1-5,7,13,16-17H,6,8-12H2,(H,23,24,25);1H3,(H,2,3,4)/t16-;/m1./s1. The van der Waals surface area contributed by atoms with Crippen LogP contribution in [-0.4, -0.2) is 71.8 Å². The van der Waals surface area contributed by atoms with Crippen LogP contribution in [0, 0.1) is 5.92 Å². The van der Waals surface area contributed by atoms with Gasteiger partial charge in [0.2, 0.25) is 0 Å². The van der Waals surface area contributed by atoms with Crippen LogP contribution < -0.4 is 5.32 Å². The van der Waals surface area contributed by atoms with Crippen molar-refractivity contribution in [3.05, 3.63) is 54.0 Å². The minimum Gasteiger partial charge on any atom is -0.445 e. The van der Waals surface area contributed by atoms with Crippen LogP contribution in [0.4, 0.5) is 19.4 Å². The molecule has 1 aromatic carbocycles. The van der Waals surface area contributed by atoms with Crippen molar-refractivity contribution in [1.29, 1.82) is 0 Å². The van der Waals surface area contributed by atoms with Crippen LogP contribution in [0.1, 0.15) is 17.5 Å². The van der Waals surface area contributed by atoms with Gasteiger partial charge in [-0.25, -0.2) is 23.5 Å². The van der Waals surface area contributed by atoms with Crippen molar-refractivity contribution in [2.75, 3.05) is 31.2 Å². The van der Waals surface area contributed by atoms with Crippen LogP contribution in [0.3, 0.4) is 0 Å². The van der Waals surface area contributed by atoms with Crippen molar-refractivity contribution in [3.63, 3.8) is 0 Å². The van der Waals surface area contributed by atoms with Gasteiger partial charge in [0.25, 0.3) is 16.0 Å². The van der Waals surface area contributed by atoms with E-state index in [0.29, 0.717) is 24.9 Å². The molecule has 1 aromatic heterocycles. The molecule has 33 heavy (non-hydrogen) atoms. The van der Waals surface area contributed by atoms with Crippen molar-refractivity contribution in [1.82, 2.24) is 14.9 Å². The van der Waals surface area contributed by atoms with Crippen molar-refractivity contribution < 1.29 is 31.3 Å². The molecule has 1 aliphatic carbocycles. The van der Waals surface area contributed by atoms with Gasteiger partial charge in [0.1, 0.15) is 18.2 Å². The minimum atomic E-state index is -3.67. The Kier molecular flexibility index (Phi) is 7.80. The fraction of sp³-hybridized carbons (Fsp3) is 0.476. The molecule has 9 nitrogen and oxygen atoms in total. The predicted octanol–water partition coefficient (Wildman–Crippen LogP) is 2.65. The average Bonchev–Trinajstić information content (AvgIpc) is 3.14. The zero-order chi connectivity index (χ0) is 24.1. The summed E-state index contributed by atoms with van der Waals surface area (Å²) in [5.74, 6) is -3.36. The highest BCUT2D eigenvalue weighted by Gasteiger charge is 2.46. The second-order valence-electron chi connectivity index (χ2n) is 8.06. The molecule has 1 saturated heterocycles. The van der Waals surface area contributed by atoms with Gasteiger partial charge in [-0.05, 0) is 23.6 Å². The fourth-order valence-corrected chi connectivity index (χ4v) is 3.83. The van der Waals surface area contributed by atoms with Crippen molar-refractivity contribution >= 4 is 22.0 Å². The average molecular weight is 485 g/mol. The topological polar surface area (TPSA) is 122 Å². The molecule has 1 fully saturated rings. The molecule has 2 heterocycles. The number of carbonyl (C=O) groups is 1. The number of amides is 1. The summed E-state index contributed by atoms with van der Waals surface area (Å²) in [4.78, 5) is 21.3. The zero-order valence-corrected chi connectivity index (χ0v) is 18.8. The largest absolute Gasteiger partial charge is 0.445 e. The lowest BCUT2D eigenvalue weighted by atomic mass is 9.93. The van der Waals surface area contributed by atoms with Gasteiger partial charge in [-0.3, -0.25) is 4.55 Å². The molecule has 0 spiro atoms. The summed E-state index contributed by atoms with van der Waals surface area (Å²) in [5, 5.41) is 2.92. The van der Waals surface area contributed by atoms with Crippen molar-refractivity contribution in [2.24, 2.45) is 5.92 Å². The highest BCUT2D eigenvalue weighted by molar-refractivity contribution is 7.85. The van der Waals surface area contributed by atoms with Gasteiger partial charge in [0.15, 0.2) is 0 Å². The first-order chi connectivity index (χ1) is 15.5. The molecule has 2 aliphatic rings. The molecule has 0 bridgehead atoms. The summed E-state index contributed by atoms with van der Waals surface area (Å²) >= 11 is 0. The molecule has 2 aromatic rings. The summed E-state index contributed by atoms with van der Waals surface area (Å²) < 4.78 is 60.6. The number of ether oxygens (including phenoxy) is 1. The van der Waals surface area contributed by atoms with Gasteiger partial charge < -0.3 is 15.0 Å². The number of fused-ring (bicyclic) bond motifs is 1. The summed E-state index contributed by atoms with van der Waals surface area (Å²) in [6.07, 6.45) is 4.16. The second-order valence-corrected chi connectivity index (χ2v) is 9.53. The molecular weight excluding hydrogens is 458 g/mol. The van der Waals surface area contributed by atoms with Gasteiger partial charge in [0.05, 0.1) is 12.8 Å². The zero-order valence-electron chi connectivity index (χ0n) is 18.0. The third kappa shape index (κ3) is 7.60. The van der Waals surface area contributed by atoms with E-state index in [1.165, 1.54) is 6.33 Å². The second kappa shape index (κ2) is 10.4. The van der Waals surface area contributed by atoms with Crippen LogP contribution >= 0.6 is 0 Å². The van der Waals surface area contributed by atoms with Gasteiger partial charge in [-0.2, -0.15) is 8.42 Å². The van der Waals surface area contributed by atoms with E-state index in [1.54, 1.807) is 12.3 Å². The van der Waals surface area contributed by atoms with Crippen LogP contribution in [0.15, 0.2) is 42.9 Å². The Balaban J connectivity index is 0.000000555. The summed E-state index contributed by atoms with van der Waals surface area (Å²) in [7, 11) is -3.67. The maximum atomic E-state index is 14.6. The SMILES string of the molecule is CS(=O)(=O)O.O=C(OC1Cc2ccccc2C1)N1CC[C@H](CNc2ccncn2)C(F)(F)C1. The Morgan fingerprint density at radius 2 is 1.91 bits per heavy atom. The van der Waals surface area contributed by atoms with Crippen LogP contribution in [0.25, 0.3) is 0 Å². The van der Waals surface area contributed by atoms with E-state index in [4.69, 9.17) is 9.29 Å². The van der Waals surface area contributed by atoms with E-state index in [1.807, 2.05) is 24.3 Å². The number of anilines is 1. The lowest BCUT2D eigenvalue weighted by Gasteiger charge is -2.38. The Morgan fingerprint density at radius 3 is 2.45 bits per heavy atom. The van der Waals surface area contributed by atoms with Gasteiger partial charge in [-0.15, -0.1) is 0 Å². The van der Waals surface area contributed by atoms with Gasteiger partial charge >= 0.3 is 6.09 Å². The molecule has 1 aliphatic heterocycles. The number of hydrogen-bond donors (Lipinski definition) is 2. The predicted molar refractivity (Wildman–Crippen MR) is 117 cm³/mol. The quantitative estimate of drug-likeness (QED) is 0.636. The maximum Gasteiger partial charge on any atom is 0.410 e. The summed E-state index contributed by atoms with van der Waals surface area (Å²) in [6.45, 7) is -0.281. The molecule has 180 valence electrons. The molecule has 4 rings (SSSR count). The first-order valence-electron chi connectivity index (χ1n) is 10.3. The molecule has 1 atom stereocenters. The molecule has 0 unspecified atom stereocenters. The molecule has 0 saturated carbocycles. The van der Waals surface area contributed by atoms with E-state index in [-0.39, 0.29) is 25.6 Å². The number of nitrogens with zero attached hydrogens (tertiary/aromatic N) is 3. The summed E-state index contributed by atoms with van der Waals surface area (Å²) in [5.41, 5.74) is 2.31. The summed E-state index contributed by atoms with van der Waals surface area (Å²) in [6, 6.07) is 9.54. The van der Waals surface area contributed by atoms with Crippen LogP contribution in [0.2, 0.25) is 0 Å². The van der Waals surface area contributed by atoms with E-state index >= 15 is 0 Å². The van der Waals surface area contributed by atoms with Gasteiger partial charge in [-0.1, -0.05) is 24.3 Å². The number of nitrogens with one attached hydrogen (secondary N) is 1. The monoisotopic (exact) mass is 484 g/mol. The minimum absolute atomic E-state index is 0.0881. The number of alkyl halides is 2. The first-order valence-corrected chi connectivity index (χ1v) is 12.2. The molecular formula is C21H26F2N4O5S. The number of likely N-dealkylation sites (tertiary alicyclic amines) is 1. The normalized spacial score (nSPS) is 19.8. The highest BCUT2D eigenvalue weighted by atomic mass is 32.2. The maximum absolute atomic E-state index is 14.6. The Hall–Kier alpha value is -2.86. The highest BCUT2D eigenvalue weighted by Crippen LogP contribution is 2.34. The number of piperidine rings is 1. The van der Waals surface area contributed by atoms with E-state index in [0.717, 1.165) is 16.0 Å². The third-order valence-corrected chi connectivity index (χ3v) is 5.40. The first kappa shape index (κ1) is 24.8. The molecule has 2 N–H and O–H groups in total. The van der Waals surface area contributed by atoms with Crippen molar-refractivity contribution in [3.8, 4) is 0 Å². The lowest BCUT2D eigenvalue weighted by Crippen LogP contribution is -2.53. The van der Waals surface area contributed by atoms with E-state index in [9.17, 15) is 22.0 Å². The molecule has 12 heteroatoms. The fourth-order valence-electron chi connectivity index (χ4n) is 3.83. The van der Waals surface area contributed by atoms with E-state index < -0.39 is 34.6 Å². The lowest BCUT2D eigenvalue weighted by molar-refractivity contribution is -0.103. The van der Waals surface area contributed by atoms with Crippen LogP contribution in [-0.2, 0) is 27.7 Å². The number of benzene rings is 1. The van der Waals surface area contributed by atoms with Gasteiger partial charge in [0, 0.05) is 38.0 Å². The number of carbonyl (C=O) groups excluding carboxylic acids is 1. The smallest absolute Gasteiger partial charge is 0.410 e. The number of halogens is 2. The Morgan fingerprint density at radius 1 is 1.27 bits per heavy atom. The van der Waals surface area contributed by atoms with E-state index in [2.05, 4.69) is 15.3 Å². The Labute approximate surface area is 190 Å². The number of aromatic nitrogens is 2. The Bertz CT molecular complexity index is 1020.